The van der Waals surface area contributed by atoms with E-state index in [1.54, 1.807) is 36.7 Å². The van der Waals surface area contributed by atoms with Crippen LogP contribution >= 0.6 is 11.8 Å². The van der Waals surface area contributed by atoms with Crippen LogP contribution in [-0.2, 0) is 11.8 Å². The van der Waals surface area contributed by atoms with Gasteiger partial charge in [-0.1, -0.05) is 23.9 Å². The number of hydrogen-bond acceptors (Lipinski definition) is 4. The molecular formula is C18H15F3N4OS. The minimum atomic E-state index is -0.860. The van der Waals surface area contributed by atoms with E-state index < -0.39 is 28.6 Å². The first-order valence-electron chi connectivity index (χ1n) is 7.93. The molecule has 0 bridgehead atoms. The highest BCUT2D eigenvalue weighted by atomic mass is 32.2. The van der Waals surface area contributed by atoms with E-state index >= 15 is 0 Å². The van der Waals surface area contributed by atoms with Crippen LogP contribution in [0.5, 0.6) is 0 Å². The zero-order valence-electron chi connectivity index (χ0n) is 14.4. The molecule has 27 heavy (non-hydrogen) atoms. The van der Waals surface area contributed by atoms with Gasteiger partial charge in [0.2, 0.25) is 5.91 Å². The number of rotatable bonds is 5. The number of amides is 1. The highest BCUT2D eigenvalue weighted by Gasteiger charge is 2.21. The van der Waals surface area contributed by atoms with Crippen molar-refractivity contribution in [2.45, 2.75) is 17.3 Å². The average molecular weight is 392 g/mol. The molecule has 5 nitrogen and oxygen atoms in total. The normalized spacial score (nSPS) is 12.0. The number of anilines is 1. The van der Waals surface area contributed by atoms with E-state index in [4.69, 9.17) is 0 Å². The molecule has 1 amide bonds. The number of halogens is 3. The molecule has 0 spiro atoms. The van der Waals surface area contributed by atoms with Gasteiger partial charge in [-0.15, -0.1) is 10.2 Å². The van der Waals surface area contributed by atoms with Crippen LogP contribution in [0.25, 0.3) is 11.4 Å². The Labute approximate surface area is 157 Å². The maximum absolute atomic E-state index is 13.9. The number of carbonyl (C=O) groups excluding carboxylic acids is 1. The zero-order chi connectivity index (χ0) is 19.6. The first-order valence-corrected chi connectivity index (χ1v) is 8.81. The van der Waals surface area contributed by atoms with E-state index in [9.17, 15) is 18.0 Å². The lowest BCUT2D eigenvalue weighted by molar-refractivity contribution is -0.115. The molecule has 0 aliphatic heterocycles. The Balaban J connectivity index is 1.73. The van der Waals surface area contributed by atoms with Crippen molar-refractivity contribution in [2.24, 2.45) is 7.05 Å². The fourth-order valence-corrected chi connectivity index (χ4v) is 3.15. The van der Waals surface area contributed by atoms with Gasteiger partial charge in [0.05, 0.1) is 16.5 Å². The van der Waals surface area contributed by atoms with Crippen LogP contribution in [0.4, 0.5) is 18.9 Å². The fourth-order valence-electron chi connectivity index (χ4n) is 2.33. The number of hydrogen-bond donors (Lipinski definition) is 1. The predicted molar refractivity (Wildman–Crippen MR) is 96.7 cm³/mol. The van der Waals surface area contributed by atoms with E-state index in [0.29, 0.717) is 22.6 Å². The summed E-state index contributed by atoms with van der Waals surface area (Å²) in [7, 11) is 1.66. The lowest BCUT2D eigenvalue weighted by Gasteiger charge is -2.12. The van der Waals surface area contributed by atoms with Crippen LogP contribution in [-0.4, -0.2) is 25.9 Å². The Morgan fingerprint density at radius 2 is 1.85 bits per heavy atom. The summed E-state index contributed by atoms with van der Waals surface area (Å²) in [4.78, 5) is 12.3. The maximum atomic E-state index is 13.9. The molecular weight excluding hydrogens is 377 g/mol. The molecule has 9 heteroatoms. The molecule has 0 aliphatic carbocycles. The maximum Gasteiger partial charge on any atom is 0.237 e. The molecule has 0 fully saturated rings. The van der Waals surface area contributed by atoms with Gasteiger partial charge in [-0.25, -0.2) is 13.2 Å². The zero-order valence-corrected chi connectivity index (χ0v) is 15.2. The number of nitrogens with zero attached hydrogens (tertiary/aromatic N) is 3. The topological polar surface area (TPSA) is 59.8 Å². The number of thioether (sulfide) groups is 1. The van der Waals surface area contributed by atoms with Crippen LogP contribution < -0.4 is 5.32 Å². The van der Waals surface area contributed by atoms with Gasteiger partial charge in [-0.2, -0.15) is 0 Å². The number of carbonyl (C=O) groups is 1. The Kier molecular flexibility index (Phi) is 5.50. The molecule has 1 atom stereocenters. The summed E-state index contributed by atoms with van der Waals surface area (Å²) in [5.74, 6) is -2.18. The highest BCUT2D eigenvalue weighted by molar-refractivity contribution is 8.00. The standard InChI is InChI=1S/C18H15F3N4OS/c1-10(17(26)22-15-8-7-11(19)9-14(15)21)27-18-24-23-16(25(18)2)12-5-3-4-6-13(12)20/h3-10H,1-2H3,(H,22,26)/t10-/m0/s1. The number of benzene rings is 2. The summed E-state index contributed by atoms with van der Waals surface area (Å²) in [5, 5.41) is 10.1. The van der Waals surface area contributed by atoms with Crippen LogP contribution in [0.1, 0.15) is 6.92 Å². The van der Waals surface area contributed by atoms with Gasteiger partial charge in [0.1, 0.15) is 17.5 Å². The van der Waals surface area contributed by atoms with E-state index in [2.05, 4.69) is 15.5 Å². The third-order valence-electron chi connectivity index (χ3n) is 3.79. The van der Waals surface area contributed by atoms with Crippen LogP contribution in [0.3, 0.4) is 0 Å². The summed E-state index contributed by atoms with van der Waals surface area (Å²) >= 11 is 1.09. The van der Waals surface area contributed by atoms with Gasteiger partial charge < -0.3 is 9.88 Å². The van der Waals surface area contributed by atoms with Gasteiger partial charge in [0, 0.05) is 13.1 Å². The van der Waals surface area contributed by atoms with Gasteiger partial charge in [0.15, 0.2) is 11.0 Å². The summed E-state index contributed by atoms with van der Waals surface area (Å²) in [6.07, 6.45) is 0. The van der Waals surface area contributed by atoms with Crippen LogP contribution in [0.2, 0.25) is 0 Å². The summed E-state index contributed by atoms with van der Waals surface area (Å²) in [6.45, 7) is 1.61. The third kappa shape index (κ3) is 4.13. The molecule has 3 aromatic rings. The van der Waals surface area contributed by atoms with Crippen LogP contribution in [0, 0.1) is 17.5 Å². The average Bonchev–Trinajstić information content (AvgIpc) is 2.98. The Morgan fingerprint density at radius 3 is 2.56 bits per heavy atom. The molecule has 0 unspecified atom stereocenters. The quantitative estimate of drug-likeness (QED) is 0.667. The number of aromatic nitrogens is 3. The molecule has 1 N–H and O–H groups in total. The lowest BCUT2D eigenvalue weighted by Crippen LogP contribution is -2.23. The third-order valence-corrected chi connectivity index (χ3v) is 4.92. The first kappa shape index (κ1) is 19.0. The number of nitrogens with one attached hydrogen (secondary N) is 1. The Morgan fingerprint density at radius 1 is 1.11 bits per heavy atom. The molecule has 0 radical (unpaired) electrons. The molecule has 0 aliphatic rings. The van der Waals surface area contributed by atoms with Crippen molar-refractivity contribution in [1.82, 2.24) is 14.8 Å². The highest BCUT2D eigenvalue weighted by Crippen LogP contribution is 2.27. The van der Waals surface area contributed by atoms with Gasteiger partial charge in [0.25, 0.3) is 0 Å². The summed E-state index contributed by atoms with van der Waals surface area (Å²) in [6, 6.07) is 9.07. The SMILES string of the molecule is C[C@H](Sc1nnc(-c2ccccc2F)n1C)C(=O)Nc1ccc(F)cc1F. The Hall–Kier alpha value is -2.81. The molecule has 1 aromatic heterocycles. The second-order valence-corrected chi connectivity index (χ2v) is 7.03. The van der Waals surface area contributed by atoms with Crippen molar-refractivity contribution in [2.75, 3.05) is 5.32 Å². The van der Waals surface area contributed by atoms with Crippen molar-refractivity contribution >= 4 is 23.4 Å². The second kappa shape index (κ2) is 7.83. The van der Waals surface area contributed by atoms with Crippen molar-refractivity contribution in [1.29, 1.82) is 0 Å². The van der Waals surface area contributed by atoms with E-state index in [1.165, 1.54) is 6.07 Å². The van der Waals surface area contributed by atoms with Crippen molar-refractivity contribution in [3.05, 3.63) is 59.9 Å². The molecule has 2 aromatic carbocycles. The first-order chi connectivity index (χ1) is 12.9. The van der Waals surface area contributed by atoms with Crippen LogP contribution in [0.15, 0.2) is 47.6 Å². The van der Waals surface area contributed by atoms with E-state index in [0.717, 1.165) is 23.9 Å². The van der Waals surface area contributed by atoms with E-state index in [-0.39, 0.29) is 5.69 Å². The predicted octanol–water partition coefficient (Wildman–Crippen LogP) is 4.02. The van der Waals surface area contributed by atoms with Gasteiger partial charge in [-0.05, 0) is 31.2 Å². The van der Waals surface area contributed by atoms with Crippen molar-refractivity contribution in [3.63, 3.8) is 0 Å². The molecule has 140 valence electrons. The van der Waals surface area contributed by atoms with Crippen molar-refractivity contribution in [3.8, 4) is 11.4 Å². The van der Waals surface area contributed by atoms with Crippen molar-refractivity contribution < 1.29 is 18.0 Å². The molecule has 1 heterocycles. The van der Waals surface area contributed by atoms with Gasteiger partial charge in [-0.3, -0.25) is 4.79 Å². The fraction of sp³-hybridized carbons (Fsp3) is 0.167. The second-order valence-electron chi connectivity index (χ2n) is 5.72. The summed E-state index contributed by atoms with van der Waals surface area (Å²) < 4.78 is 42.1. The largest absolute Gasteiger partial charge is 0.323 e. The summed E-state index contributed by atoms with van der Waals surface area (Å²) in [5.41, 5.74) is 0.184. The molecule has 0 saturated carbocycles. The lowest BCUT2D eigenvalue weighted by atomic mass is 10.2. The molecule has 0 saturated heterocycles. The monoisotopic (exact) mass is 392 g/mol. The molecule has 3 rings (SSSR count). The minimum Gasteiger partial charge on any atom is -0.323 e. The van der Waals surface area contributed by atoms with E-state index in [1.807, 2.05) is 0 Å². The van der Waals surface area contributed by atoms with Gasteiger partial charge >= 0.3 is 0 Å². The Bertz CT molecular complexity index is 992. The minimum absolute atomic E-state index is 0.112. The smallest absolute Gasteiger partial charge is 0.237 e.